The molecule has 0 spiro atoms. The fourth-order valence-electron chi connectivity index (χ4n) is 2.63. The predicted molar refractivity (Wildman–Crippen MR) is 91.6 cm³/mol. The number of nitrogens with zero attached hydrogens (tertiary/aromatic N) is 2. The third-order valence-corrected chi connectivity index (χ3v) is 4.08. The Balaban J connectivity index is 1.82. The Kier molecular flexibility index (Phi) is 6.12. The highest BCUT2D eigenvalue weighted by Gasteiger charge is 2.37. The highest BCUT2D eigenvalue weighted by atomic mass is 16.5. The number of ketones is 1. The maximum atomic E-state index is 12.4. The number of hydrogen-bond donors (Lipinski definition) is 1. The number of alkyl carbamates (subject to hydrolysis) is 1. The van der Waals surface area contributed by atoms with Gasteiger partial charge in [-0.15, -0.1) is 0 Å². The molecule has 1 aromatic heterocycles. The van der Waals surface area contributed by atoms with Crippen LogP contribution in [0.15, 0.2) is 24.5 Å². The van der Waals surface area contributed by atoms with Crippen LogP contribution in [-0.2, 0) is 20.9 Å². The van der Waals surface area contributed by atoms with Gasteiger partial charge in [-0.3, -0.25) is 14.6 Å². The van der Waals surface area contributed by atoms with Gasteiger partial charge in [-0.2, -0.15) is 0 Å². The van der Waals surface area contributed by atoms with Crippen molar-refractivity contribution in [1.29, 1.82) is 0 Å². The Hall–Kier alpha value is -2.44. The zero-order valence-electron chi connectivity index (χ0n) is 14.9. The average Bonchev–Trinajstić information content (AvgIpc) is 3.05. The molecule has 1 aliphatic heterocycles. The summed E-state index contributed by atoms with van der Waals surface area (Å²) in [5.41, 5.74) is 0.152. The lowest BCUT2D eigenvalue weighted by atomic mass is 9.90. The van der Waals surface area contributed by atoms with Gasteiger partial charge in [-0.05, 0) is 24.5 Å². The van der Waals surface area contributed by atoms with E-state index in [-0.39, 0.29) is 12.6 Å². The van der Waals surface area contributed by atoms with Crippen LogP contribution in [0.2, 0.25) is 0 Å². The number of likely N-dealkylation sites (tertiary alicyclic amines) is 1. The maximum Gasteiger partial charge on any atom is 0.407 e. The number of amides is 2. The van der Waals surface area contributed by atoms with Crippen molar-refractivity contribution < 1.29 is 19.1 Å². The van der Waals surface area contributed by atoms with Crippen molar-refractivity contribution in [2.24, 2.45) is 5.41 Å². The Bertz CT molecular complexity index is 625. The van der Waals surface area contributed by atoms with E-state index in [2.05, 4.69) is 10.3 Å². The third-order valence-electron chi connectivity index (χ3n) is 4.08. The third kappa shape index (κ3) is 5.27. The van der Waals surface area contributed by atoms with Gasteiger partial charge in [0.1, 0.15) is 6.61 Å². The quantitative estimate of drug-likeness (QED) is 0.822. The Morgan fingerprint density at radius 2 is 2.12 bits per heavy atom. The van der Waals surface area contributed by atoms with E-state index in [9.17, 15) is 14.4 Å². The van der Waals surface area contributed by atoms with Crippen LogP contribution in [0.5, 0.6) is 0 Å². The molecule has 1 fully saturated rings. The number of pyridine rings is 1. The van der Waals surface area contributed by atoms with E-state index >= 15 is 0 Å². The lowest BCUT2D eigenvalue weighted by molar-refractivity contribution is -0.149. The second-order valence-electron chi connectivity index (χ2n) is 7.19. The minimum Gasteiger partial charge on any atom is -0.447 e. The van der Waals surface area contributed by atoms with E-state index < -0.39 is 23.2 Å². The fourth-order valence-corrected chi connectivity index (χ4v) is 2.63. The molecule has 0 radical (unpaired) electrons. The van der Waals surface area contributed by atoms with Crippen molar-refractivity contribution >= 4 is 17.8 Å². The topological polar surface area (TPSA) is 88.6 Å². The monoisotopic (exact) mass is 347 g/mol. The van der Waals surface area contributed by atoms with Crippen LogP contribution < -0.4 is 5.32 Å². The second-order valence-corrected chi connectivity index (χ2v) is 7.19. The van der Waals surface area contributed by atoms with Crippen molar-refractivity contribution in [3.63, 3.8) is 0 Å². The van der Waals surface area contributed by atoms with Gasteiger partial charge in [-0.25, -0.2) is 4.79 Å². The van der Waals surface area contributed by atoms with Crippen LogP contribution in [0.4, 0.5) is 4.79 Å². The summed E-state index contributed by atoms with van der Waals surface area (Å²) in [6.07, 6.45) is 4.29. The van der Waals surface area contributed by atoms with Gasteiger partial charge < -0.3 is 15.0 Å². The summed E-state index contributed by atoms with van der Waals surface area (Å²) in [5.74, 6) is -0.908. The molecule has 0 bridgehead atoms. The minimum absolute atomic E-state index is 0.0854. The summed E-state index contributed by atoms with van der Waals surface area (Å²) in [7, 11) is 0. The van der Waals surface area contributed by atoms with Gasteiger partial charge in [0.15, 0.2) is 0 Å². The highest BCUT2D eigenvalue weighted by Crippen LogP contribution is 2.22. The Morgan fingerprint density at radius 1 is 1.36 bits per heavy atom. The standard InChI is InChI=1S/C18H25N3O4/c1-18(2,3)15(22)16(23)21-9-5-7-14(21)12-25-17(24)20-11-13-6-4-8-19-10-13/h4,6,8,10,14H,5,7,9,11-12H2,1-3H3,(H,20,24). The lowest BCUT2D eigenvalue weighted by Gasteiger charge is -2.26. The normalized spacial score (nSPS) is 17.2. The molecule has 7 heteroatoms. The van der Waals surface area contributed by atoms with E-state index in [0.717, 1.165) is 18.4 Å². The Morgan fingerprint density at radius 3 is 2.76 bits per heavy atom. The molecule has 2 amide bonds. The smallest absolute Gasteiger partial charge is 0.407 e. The number of carbonyl (C=O) groups excluding carboxylic acids is 3. The van der Waals surface area contributed by atoms with Crippen LogP contribution in [0.1, 0.15) is 39.2 Å². The number of Topliss-reactive ketones (excluding diaryl/α,β-unsaturated/α-hetero) is 1. The molecular weight excluding hydrogens is 322 g/mol. The van der Waals surface area contributed by atoms with Crippen molar-refractivity contribution in [1.82, 2.24) is 15.2 Å². The SMILES string of the molecule is CC(C)(C)C(=O)C(=O)N1CCCC1COC(=O)NCc1cccnc1. The van der Waals surface area contributed by atoms with Gasteiger partial charge >= 0.3 is 6.09 Å². The molecule has 0 aromatic carbocycles. The molecule has 1 unspecified atom stereocenters. The molecule has 2 heterocycles. The lowest BCUT2D eigenvalue weighted by Crippen LogP contribution is -2.46. The summed E-state index contributed by atoms with van der Waals surface area (Å²) >= 11 is 0. The molecule has 1 saturated heterocycles. The minimum atomic E-state index is -0.716. The molecule has 0 aliphatic carbocycles. The van der Waals surface area contributed by atoms with Gasteiger partial charge in [0.2, 0.25) is 5.78 Å². The summed E-state index contributed by atoms with van der Waals surface area (Å²) in [5, 5.41) is 2.64. The fraction of sp³-hybridized carbons (Fsp3) is 0.556. The zero-order valence-corrected chi connectivity index (χ0v) is 14.9. The van der Waals surface area contributed by atoms with Crippen LogP contribution in [-0.4, -0.2) is 46.9 Å². The van der Waals surface area contributed by atoms with Crippen LogP contribution in [0, 0.1) is 5.41 Å². The first kappa shape index (κ1) is 18.9. The largest absolute Gasteiger partial charge is 0.447 e. The van der Waals surface area contributed by atoms with Crippen LogP contribution >= 0.6 is 0 Å². The first-order chi connectivity index (χ1) is 11.8. The van der Waals surface area contributed by atoms with Crippen molar-refractivity contribution in [3.05, 3.63) is 30.1 Å². The number of carbonyl (C=O) groups is 3. The van der Waals surface area contributed by atoms with E-state index in [1.165, 1.54) is 4.90 Å². The summed E-state index contributed by atoms with van der Waals surface area (Å²) in [6, 6.07) is 3.39. The first-order valence-electron chi connectivity index (χ1n) is 8.44. The Labute approximate surface area is 147 Å². The van der Waals surface area contributed by atoms with Gasteiger partial charge in [-0.1, -0.05) is 26.8 Å². The molecule has 1 aliphatic rings. The van der Waals surface area contributed by atoms with Crippen molar-refractivity contribution in [2.75, 3.05) is 13.2 Å². The predicted octanol–water partition coefficient (Wildman–Crippen LogP) is 1.91. The van der Waals surface area contributed by atoms with Crippen LogP contribution in [0.25, 0.3) is 0 Å². The number of nitrogens with one attached hydrogen (secondary N) is 1. The number of ether oxygens (including phenoxy) is 1. The highest BCUT2D eigenvalue weighted by molar-refractivity contribution is 6.37. The van der Waals surface area contributed by atoms with Gasteiger partial charge in [0, 0.05) is 30.9 Å². The van der Waals surface area contributed by atoms with Crippen LogP contribution in [0.3, 0.4) is 0 Å². The van der Waals surface area contributed by atoms with Gasteiger partial charge in [0.25, 0.3) is 5.91 Å². The number of aromatic nitrogens is 1. The molecule has 1 aromatic rings. The number of rotatable bonds is 5. The van der Waals surface area contributed by atoms with E-state index in [1.807, 2.05) is 6.07 Å². The van der Waals surface area contributed by atoms with Crippen molar-refractivity contribution in [2.45, 2.75) is 46.2 Å². The molecule has 0 saturated carbocycles. The van der Waals surface area contributed by atoms with E-state index in [1.54, 1.807) is 39.2 Å². The zero-order chi connectivity index (χ0) is 18.4. The molecule has 7 nitrogen and oxygen atoms in total. The van der Waals surface area contributed by atoms with E-state index in [4.69, 9.17) is 4.74 Å². The molecular formula is C18H25N3O4. The summed E-state index contributed by atoms with van der Waals surface area (Å²) in [6.45, 7) is 6.10. The summed E-state index contributed by atoms with van der Waals surface area (Å²) < 4.78 is 5.22. The maximum absolute atomic E-state index is 12.4. The molecule has 136 valence electrons. The first-order valence-corrected chi connectivity index (χ1v) is 8.44. The molecule has 1 atom stereocenters. The molecule has 1 N–H and O–H groups in total. The molecule has 25 heavy (non-hydrogen) atoms. The average molecular weight is 347 g/mol. The number of hydrogen-bond acceptors (Lipinski definition) is 5. The van der Waals surface area contributed by atoms with E-state index in [0.29, 0.717) is 13.1 Å². The van der Waals surface area contributed by atoms with Crippen molar-refractivity contribution in [3.8, 4) is 0 Å². The summed E-state index contributed by atoms with van der Waals surface area (Å²) in [4.78, 5) is 41.9. The second kappa shape index (κ2) is 8.09. The molecule has 2 rings (SSSR count). The van der Waals surface area contributed by atoms with Gasteiger partial charge in [0.05, 0.1) is 6.04 Å².